The summed E-state index contributed by atoms with van der Waals surface area (Å²) in [4.78, 5) is 12.2. The van der Waals surface area contributed by atoms with E-state index in [-0.39, 0.29) is 24.4 Å². The van der Waals surface area contributed by atoms with Gasteiger partial charge in [-0.3, -0.25) is 4.79 Å². The number of nitrogens with one attached hydrogen (secondary N) is 2. The van der Waals surface area contributed by atoms with Crippen molar-refractivity contribution in [2.45, 2.75) is 31.3 Å². The van der Waals surface area contributed by atoms with Gasteiger partial charge in [0.1, 0.15) is 0 Å². The normalized spacial score (nSPS) is 19.9. The third kappa shape index (κ3) is 4.33. The number of carbonyl (C=O) groups excluding carboxylic acids is 1. The van der Waals surface area contributed by atoms with Crippen LogP contribution in [0.1, 0.15) is 25.3 Å². The van der Waals surface area contributed by atoms with Crippen LogP contribution in [-0.2, 0) is 9.53 Å². The van der Waals surface area contributed by atoms with Crippen LogP contribution in [0.2, 0.25) is 0 Å². The zero-order valence-corrected chi connectivity index (χ0v) is 14.5. The lowest BCUT2D eigenvalue weighted by Crippen LogP contribution is -2.43. The fraction of sp³-hybridized carbons (Fsp3) is 0.500. The number of ether oxygens (including phenoxy) is 1. The Morgan fingerprint density at radius 2 is 2.28 bits per heavy atom. The Kier molecular flexibility index (Phi) is 5.62. The Hall–Kier alpha value is -2.03. The van der Waals surface area contributed by atoms with E-state index in [2.05, 4.69) is 26.2 Å². The molecule has 1 aliphatic carbocycles. The van der Waals surface area contributed by atoms with E-state index in [1.807, 2.05) is 28.9 Å². The monoisotopic (exact) mass is 364 g/mol. The molecule has 1 unspecified atom stereocenters. The number of aromatic nitrogens is 4. The van der Waals surface area contributed by atoms with Gasteiger partial charge in [-0.15, -0.1) is 17.5 Å². The fourth-order valence-corrected chi connectivity index (χ4v) is 2.87. The molecule has 8 nitrogen and oxygen atoms in total. The van der Waals surface area contributed by atoms with Gasteiger partial charge in [0.05, 0.1) is 19.3 Å². The second kappa shape index (κ2) is 7.90. The standard InChI is InChI=1S/C16H20N6O2.ClH/c23-15(9-13-10-24-7-6-17-13)18-12-3-1-2-11(8-12)16-19-20-21-22(16)14-4-5-14;/h1-3,8,13-14,17H,4-7,9-10H2,(H,18,23);1H. The van der Waals surface area contributed by atoms with Crippen molar-refractivity contribution in [2.24, 2.45) is 0 Å². The van der Waals surface area contributed by atoms with E-state index < -0.39 is 0 Å². The third-order valence-corrected chi connectivity index (χ3v) is 4.22. The quantitative estimate of drug-likeness (QED) is 0.833. The summed E-state index contributed by atoms with van der Waals surface area (Å²) in [6.45, 7) is 2.07. The van der Waals surface area contributed by atoms with Crippen LogP contribution in [-0.4, -0.2) is 51.9 Å². The molecule has 1 saturated heterocycles. The maximum absolute atomic E-state index is 12.2. The van der Waals surface area contributed by atoms with E-state index in [1.165, 1.54) is 0 Å². The van der Waals surface area contributed by atoms with E-state index in [9.17, 15) is 4.79 Å². The summed E-state index contributed by atoms with van der Waals surface area (Å²) in [7, 11) is 0. The Morgan fingerprint density at radius 3 is 3.04 bits per heavy atom. The van der Waals surface area contributed by atoms with Gasteiger partial charge in [-0.1, -0.05) is 12.1 Å². The number of amides is 1. The number of tetrazole rings is 1. The van der Waals surface area contributed by atoms with Crippen LogP contribution in [0.5, 0.6) is 0 Å². The smallest absolute Gasteiger partial charge is 0.226 e. The predicted octanol–water partition coefficient (Wildman–Crippen LogP) is 1.41. The summed E-state index contributed by atoms with van der Waals surface area (Å²) in [5, 5.41) is 18.2. The van der Waals surface area contributed by atoms with Gasteiger partial charge in [0, 0.05) is 30.3 Å². The Bertz CT molecular complexity index is 727. The SMILES string of the molecule is Cl.O=C(CC1COCCN1)Nc1cccc(-c2nnnn2C2CC2)c1. The minimum atomic E-state index is -0.0306. The molecule has 134 valence electrons. The fourth-order valence-electron chi connectivity index (χ4n) is 2.87. The molecule has 2 aliphatic rings. The molecule has 1 aliphatic heterocycles. The minimum absolute atomic E-state index is 0. The summed E-state index contributed by atoms with van der Waals surface area (Å²) in [6, 6.07) is 8.12. The van der Waals surface area contributed by atoms with Crippen molar-refractivity contribution in [3.63, 3.8) is 0 Å². The zero-order valence-electron chi connectivity index (χ0n) is 13.7. The van der Waals surface area contributed by atoms with Crippen LogP contribution in [0.25, 0.3) is 11.4 Å². The van der Waals surface area contributed by atoms with Crippen molar-refractivity contribution in [2.75, 3.05) is 25.1 Å². The average molecular weight is 365 g/mol. The molecular formula is C16H21ClN6O2. The van der Waals surface area contributed by atoms with Crippen molar-refractivity contribution in [1.29, 1.82) is 0 Å². The number of benzene rings is 1. The van der Waals surface area contributed by atoms with Crippen molar-refractivity contribution in [1.82, 2.24) is 25.5 Å². The topological polar surface area (TPSA) is 94.0 Å². The molecule has 1 amide bonds. The average Bonchev–Trinajstić information content (AvgIpc) is 3.32. The first-order valence-electron chi connectivity index (χ1n) is 8.29. The molecule has 25 heavy (non-hydrogen) atoms. The lowest BCUT2D eigenvalue weighted by molar-refractivity contribution is -0.117. The number of halogens is 1. The molecule has 2 N–H and O–H groups in total. The van der Waals surface area contributed by atoms with Gasteiger partial charge < -0.3 is 15.4 Å². The first kappa shape index (κ1) is 17.8. The molecule has 0 radical (unpaired) electrons. The van der Waals surface area contributed by atoms with Crippen LogP contribution in [0.15, 0.2) is 24.3 Å². The highest BCUT2D eigenvalue weighted by molar-refractivity contribution is 5.91. The number of hydrogen-bond acceptors (Lipinski definition) is 6. The minimum Gasteiger partial charge on any atom is -0.378 e. The molecule has 1 aromatic carbocycles. The molecule has 0 spiro atoms. The lowest BCUT2D eigenvalue weighted by Gasteiger charge is -2.23. The van der Waals surface area contributed by atoms with Crippen molar-refractivity contribution in [3.8, 4) is 11.4 Å². The number of carbonyl (C=O) groups is 1. The van der Waals surface area contributed by atoms with Gasteiger partial charge in [-0.25, -0.2) is 4.68 Å². The molecule has 1 aromatic heterocycles. The zero-order chi connectivity index (χ0) is 16.4. The van der Waals surface area contributed by atoms with Crippen LogP contribution in [0.3, 0.4) is 0 Å². The summed E-state index contributed by atoms with van der Waals surface area (Å²) in [5.41, 5.74) is 1.66. The first-order chi connectivity index (χ1) is 11.8. The van der Waals surface area contributed by atoms with Crippen LogP contribution < -0.4 is 10.6 Å². The third-order valence-electron chi connectivity index (χ3n) is 4.22. The van der Waals surface area contributed by atoms with Crippen LogP contribution in [0, 0.1) is 0 Å². The lowest BCUT2D eigenvalue weighted by atomic mass is 10.1. The highest BCUT2D eigenvalue weighted by Gasteiger charge is 2.28. The second-order valence-electron chi connectivity index (χ2n) is 6.24. The van der Waals surface area contributed by atoms with Crippen LogP contribution >= 0.6 is 12.4 Å². The summed E-state index contributed by atoms with van der Waals surface area (Å²) < 4.78 is 7.24. The highest BCUT2D eigenvalue weighted by atomic mass is 35.5. The Balaban J connectivity index is 0.00000182. The number of morpholine rings is 1. The first-order valence-corrected chi connectivity index (χ1v) is 8.29. The summed E-state index contributed by atoms with van der Waals surface area (Å²) in [5.74, 6) is 0.716. The molecule has 2 fully saturated rings. The molecule has 4 rings (SSSR count). The summed E-state index contributed by atoms with van der Waals surface area (Å²) in [6.07, 6.45) is 2.62. The van der Waals surface area contributed by atoms with E-state index in [1.54, 1.807) is 0 Å². The van der Waals surface area contributed by atoms with Crippen LogP contribution in [0.4, 0.5) is 5.69 Å². The van der Waals surface area contributed by atoms with Gasteiger partial charge in [-0.2, -0.15) is 0 Å². The molecule has 1 atom stereocenters. The number of anilines is 1. The number of rotatable bonds is 5. The van der Waals surface area contributed by atoms with Crippen molar-refractivity contribution in [3.05, 3.63) is 24.3 Å². The number of nitrogens with zero attached hydrogens (tertiary/aromatic N) is 4. The largest absolute Gasteiger partial charge is 0.378 e. The Labute approximate surface area is 151 Å². The molecular weight excluding hydrogens is 344 g/mol. The van der Waals surface area contributed by atoms with E-state index >= 15 is 0 Å². The van der Waals surface area contributed by atoms with E-state index in [0.717, 1.165) is 36.5 Å². The molecule has 2 heterocycles. The van der Waals surface area contributed by atoms with Gasteiger partial charge in [0.25, 0.3) is 0 Å². The number of hydrogen-bond donors (Lipinski definition) is 2. The van der Waals surface area contributed by atoms with Crippen molar-refractivity contribution < 1.29 is 9.53 Å². The van der Waals surface area contributed by atoms with Gasteiger partial charge in [0.2, 0.25) is 5.91 Å². The molecule has 1 saturated carbocycles. The molecule has 9 heteroatoms. The second-order valence-corrected chi connectivity index (χ2v) is 6.24. The summed E-state index contributed by atoms with van der Waals surface area (Å²) >= 11 is 0. The van der Waals surface area contributed by atoms with Gasteiger partial charge >= 0.3 is 0 Å². The highest BCUT2D eigenvalue weighted by Crippen LogP contribution is 2.36. The maximum atomic E-state index is 12.2. The van der Waals surface area contributed by atoms with Crippen molar-refractivity contribution >= 4 is 24.0 Å². The Morgan fingerprint density at radius 1 is 1.40 bits per heavy atom. The molecule has 2 aromatic rings. The van der Waals surface area contributed by atoms with E-state index in [4.69, 9.17) is 4.74 Å². The maximum Gasteiger partial charge on any atom is 0.226 e. The van der Waals surface area contributed by atoms with Gasteiger partial charge in [0.15, 0.2) is 5.82 Å². The molecule has 0 bridgehead atoms. The predicted molar refractivity (Wildman–Crippen MR) is 94.6 cm³/mol. The van der Waals surface area contributed by atoms with E-state index in [0.29, 0.717) is 25.7 Å². The van der Waals surface area contributed by atoms with Gasteiger partial charge in [-0.05, 0) is 35.4 Å².